The number of barbiturate groups is 1. The maximum absolute atomic E-state index is 13.0. The number of anilines is 2. The minimum Gasteiger partial charge on any atom is -0.363 e. The number of urea groups is 1. The summed E-state index contributed by atoms with van der Waals surface area (Å²) in [6.07, 6.45) is 3.77. The maximum Gasteiger partial charge on any atom is 0.335 e. The predicted octanol–water partition coefficient (Wildman–Crippen LogP) is 4.37. The van der Waals surface area contributed by atoms with Gasteiger partial charge < -0.3 is 4.90 Å². The third-order valence-corrected chi connectivity index (χ3v) is 5.74. The summed E-state index contributed by atoms with van der Waals surface area (Å²) >= 11 is 0. The second kappa shape index (κ2) is 7.54. The minimum absolute atomic E-state index is 0.0754. The number of nitrogens with one attached hydrogen (secondary N) is 1. The molecule has 4 amide bonds. The standard InChI is InChI=1S/C25H25N3O3/c1-5-27-21-12-11-17(13-19(21)16(2)15-25(27,3)4)14-20-22(29)26-24(31)28(23(20)30)18-9-7-6-8-10-18/h6-15H,5H2,1-4H3,(H,26,29,31)/b20-14+. The molecule has 0 spiro atoms. The van der Waals surface area contributed by atoms with Crippen LogP contribution in [0.15, 0.2) is 60.2 Å². The Labute approximate surface area is 181 Å². The van der Waals surface area contributed by atoms with Crippen LogP contribution in [-0.4, -0.2) is 29.9 Å². The van der Waals surface area contributed by atoms with E-state index in [4.69, 9.17) is 0 Å². The Morgan fingerprint density at radius 3 is 2.42 bits per heavy atom. The molecule has 0 aromatic heterocycles. The van der Waals surface area contributed by atoms with Crippen LogP contribution >= 0.6 is 0 Å². The molecule has 1 saturated heterocycles. The number of imide groups is 2. The molecule has 6 heteroatoms. The number of fused-ring (bicyclic) bond motifs is 1. The normalized spacial score (nSPS) is 19.3. The fourth-order valence-corrected chi connectivity index (χ4v) is 4.40. The van der Waals surface area contributed by atoms with Crippen molar-refractivity contribution in [3.05, 3.63) is 71.3 Å². The summed E-state index contributed by atoms with van der Waals surface area (Å²) in [6, 6.07) is 13.7. The molecule has 31 heavy (non-hydrogen) atoms. The summed E-state index contributed by atoms with van der Waals surface area (Å²) in [4.78, 5) is 41.1. The summed E-state index contributed by atoms with van der Waals surface area (Å²) in [5.74, 6) is -1.33. The molecule has 0 atom stereocenters. The van der Waals surface area contributed by atoms with E-state index < -0.39 is 17.8 Å². The summed E-state index contributed by atoms with van der Waals surface area (Å²) < 4.78 is 0. The zero-order valence-electron chi connectivity index (χ0n) is 18.1. The Bertz CT molecular complexity index is 1150. The van der Waals surface area contributed by atoms with E-state index in [1.54, 1.807) is 36.4 Å². The number of hydrogen-bond acceptors (Lipinski definition) is 4. The van der Waals surface area contributed by atoms with Gasteiger partial charge in [0.2, 0.25) is 0 Å². The zero-order valence-corrected chi connectivity index (χ0v) is 18.1. The molecule has 2 aliphatic heterocycles. The van der Waals surface area contributed by atoms with Crippen molar-refractivity contribution in [2.24, 2.45) is 0 Å². The lowest BCUT2D eigenvalue weighted by Gasteiger charge is -2.42. The van der Waals surface area contributed by atoms with Crippen molar-refractivity contribution in [3.63, 3.8) is 0 Å². The third-order valence-electron chi connectivity index (χ3n) is 5.74. The summed E-state index contributed by atoms with van der Waals surface area (Å²) in [5.41, 5.74) is 4.29. The monoisotopic (exact) mass is 415 g/mol. The van der Waals surface area contributed by atoms with Gasteiger partial charge >= 0.3 is 6.03 Å². The van der Waals surface area contributed by atoms with Gasteiger partial charge in [0.1, 0.15) is 5.57 Å². The molecule has 1 fully saturated rings. The van der Waals surface area contributed by atoms with Crippen molar-refractivity contribution in [1.29, 1.82) is 0 Å². The van der Waals surface area contributed by atoms with Crippen molar-refractivity contribution >= 4 is 40.9 Å². The van der Waals surface area contributed by atoms with E-state index in [1.807, 2.05) is 18.2 Å². The molecule has 2 aromatic rings. The molecule has 2 heterocycles. The number of carbonyl (C=O) groups excluding carboxylic acids is 3. The van der Waals surface area contributed by atoms with Crippen molar-refractivity contribution in [3.8, 4) is 0 Å². The molecule has 1 N–H and O–H groups in total. The summed E-state index contributed by atoms with van der Waals surface area (Å²) in [5, 5.41) is 2.27. The van der Waals surface area contributed by atoms with E-state index in [1.165, 1.54) is 0 Å². The van der Waals surface area contributed by atoms with Crippen LogP contribution in [0.25, 0.3) is 11.6 Å². The molecule has 158 valence electrons. The lowest BCUT2D eigenvalue weighted by Crippen LogP contribution is -2.54. The van der Waals surface area contributed by atoms with E-state index in [9.17, 15) is 14.4 Å². The van der Waals surface area contributed by atoms with Crippen LogP contribution in [0.3, 0.4) is 0 Å². The molecular weight excluding hydrogens is 390 g/mol. The number of benzene rings is 2. The molecule has 6 nitrogen and oxygen atoms in total. The van der Waals surface area contributed by atoms with Gasteiger partial charge in [-0.2, -0.15) is 0 Å². The maximum atomic E-state index is 13.0. The Hall–Kier alpha value is -3.67. The molecular formula is C25H25N3O3. The highest BCUT2D eigenvalue weighted by Gasteiger charge is 2.37. The molecule has 2 aromatic carbocycles. The minimum atomic E-state index is -0.747. The van der Waals surface area contributed by atoms with Crippen LogP contribution in [-0.2, 0) is 9.59 Å². The highest BCUT2D eigenvalue weighted by atomic mass is 16.2. The molecule has 0 bridgehead atoms. The fourth-order valence-electron chi connectivity index (χ4n) is 4.40. The van der Waals surface area contributed by atoms with Gasteiger partial charge in [-0.3, -0.25) is 14.9 Å². The van der Waals surface area contributed by atoms with E-state index in [0.29, 0.717) is 5.69 Å². The highest BCUT2D eigenvalue weighted by Crippen LogP contribution is 2.39. The molecule has 0 saturated carbocycles. The van der Waals surface area contributed by atoms with Gasteiger partial charge in [-0.15, -0.1) is 0 Å². The van der Waals surface area contributed by atoms with Gasteiger partial charge in [0.25, 0.3) is 11.8 Å². The number of carbonyl (C=O) groups is 3. The first-order chi connectivity index (χ1) is 14.7. The molecule has 0 radical (unpaired) electrons. The number of para-hydroxylation sites is 1. The molecule has 0 aliphatic carbocycles. The van der Waals surface area contributed by atoms with E-state index in [2.05, 4.69) is 44.0 Å². The smallest absolute Gasteiger partial charge is 0.335 e. The number of hydrogen-bond donors (Lipinski definition) is 1. The third kappa shape index (κ3) is 3.54. The van der Waals surface area contributed by atoms with Gasteiger partial charge in [0.15, 0.2) is 0 Å². The average Bonchev–Trinajstić information content (AvgIpc) is 2.72. The SMILES string of the molecule is CCN1c2ccc(/C=C3\C(=O)NC(=O)N(c4ccccc4)C3=O)cc2C(C)=CC1(C)C. The molecule has 0 unspecified atom stereocenters. The lowest BCUT2D eigenvalue weighted by molar-refractivity contribution is -0.122. The number of rotatable bonds is 3. The van der Waals surface area contributed by atoms with Crippen molar-refractivity contribution in [2.45, 2.75) is 33.2 Å². The predicted molar refractivity (Wildman–Crippen MR) is 123 cm³/mol. The van der Waals surface area contributed by atoms with Gasteiger partial charge in [-0.25, -0.2) is 9.69 Å². The lowest BCUT2D eigenvalue weighted by atomic mass is 9.88. The molecule has 2 aliphatic rings. The highest BCUT2D eigenvalue weighted by molar-refractivity contribution is 6.39. The largest absolute Gasteiger partial charge is 0.363 e. The Morgan fingerprint density at radius 1 is 1.03 bits per heavy atom. The van der Waals surface area contributed by atoms with Crippen molar-refractivity contribution in [2.75, 3.05) is 16.3 Å². The quantitative estimate of drug-likeness (QED) is 0.597. The van der Waals surface area contributed by atoms with Crippen LogP contribution in [0.4, 0.5) is 16.2 Å². The fraction of sp³-hybridized carbons (Fsp3) is 0.240. The first kappa shape index (κ1) is 20.6. The summed E-state index contributed by atoms with van der Waals surface area (Å²) in [6.45, 7) is 9.41. The number of allylic oxidation sites excluding steroid dienone is 1. The summed E-state index contributed by atoms with van der Waals surface area (Å²) in [7, 11) is 0. The topological polar surface area (TPSA) is 69.7 Å². The Kier molecular flexibility index (Phi) is 5.01. The Balaban J connectivity index is 1.75. The average molecular weight is 415 g/mol. The van der Waals surface area contributed by atoms with E-state index in [-0.39, 0.29) is 11.1 Å². The van der Waals surface area contributed by atoms with Crippen LogP contribution in [0.2, 0.25) is 0 Å². The van der Waals surface area contributed by atoms with Crippen LogP contribution in [0, 0.1) is 0 Å². The van der Waals surface area contributed by atoms with E-state index >= 15 is 0 Å². The number of amides is 4. The van der Waals surface area contributed by atoms with Gasteiger partial charge in [0, 0.05) is 17.8 Å². The first-order valence-corrected chi connectivity index (χ1v) is 10.3. The zero-order chi connectivity index (χ0) is 22.3. The van der Waals surface area contributed by atoms with Crippen molar-refractivity contribution in [1.82, 2.24) is 5.32 Å². The van der Waals surface area contributed by atoms with Crippen LogP contribution < -0.4 is 15.1 Å². The first-order valence-electron chi connectivity index (χ1n) is 10.3. The second-order valence-electron chi connectivity index (χ2n) is 8.30. The van der Waals surface area contributed by atoms with Gasteiger partial charge in [0.05, 0.1) is 11.2 Å². The second-order valence-corrected chi connectivity index (χ2v) is 8.30. The molecule has 4 rings (SSSR count). The number of likely N-dealkylation sites (N-methyl/N-ethyl adjacent to an activating group) is 1. The van der Waals surface area contributed by atoms with Gasteiger partial charge in [-0.1, -0.05) is 30.3 Å². The number of nitrogens with zero attached hydrogens (tertiary/aromatic N) is 2. The van der Waals surface area contributed by atoms with E-state index in [0.717, 1.165) is 33.8 Å². The van der Waals surface area contributed by atoms with Crippen LogP contribution in [0.5, 0.6) is 0 Å². The van der Waals surface area contributed by atoms with Gasteiger partial charge in [-0.05, 0) is 69.2 Å². The Morgan fingerprint density at radius 2 is 1.74 bits per heavy atom. The van der Waals surface area contributed by atoms with Crippen molar-refractivity contribution < 1.29 is 14.4 Å². The van der Waals surface area contributed by atoms with Crippen LogP contribution in [0.1, 0.15) is 38.8 Å².